The zero-order valence-electron chi connectivity index (χ0n) is 8.79. The normalized spacial score (nSPS) is 58.9. The summed E-state index contributed by atoms with van der Waals surface area (Å²) in [6, 6.07) is 0. The van der Waals surface area contributed by atoms with E-state index in [2.05, 4.69) is 0 Å². The van der Waals surface area contributed by atoms with E-state index in [-0.39, 0.29) is 10.1 Å². The molecule has 3 rings (SSSR count). The smallest absolute Gasteiger partial charge is 0.121 e. The molecule has 0 heterocycles. The molecule has 3 aliphatic carbocycles. The van der Waals surface area contributed by atoms with Crippen LogP contribution in [0.4, 0.5) is 0 Å². The van der Waals surface area contributed by atoms with Gasteiger partial charge in [-0.25, -0.2) is 0 Å². The van der Waals surface area contributed by atoms with Gasteiger partial charge in [-0.3, -0.25) is 0 Å². The fourth-order valence-corrected chi connectivity index (χ4v) is 8.08. The Labute approximate surface area is 155 Å². The van der Waals surface area contributed by atoms with E-state index in [9.17, 15) is 0 Å². The Morgan fingerprint density at radius 2 is 0.947 bits per heavy atom. The van der Waals surface area contributed by atoms with Gasteiger partial charge in [0.2, 0.25) is 0 Å². The fourth-order valence-electron chi connectivity index (χ4n) is 3.47. The summed E-state index contributed by atoms with van der Waals surface area (Å²) in [6.45, 7) is 0. The van der Waals surface area contributed by atoms with Crippen molar-refractivity contribution in [2.45, 2.75) is 30.2 Å². The second-order valence-corrected chi connectivity index (χ2v) is 9.80. The molecule has 0 radical (unpaired) electrons. The summed E-state index contributed by atoms with van der Waals surface area (Å²) in [4.78, 5) is -2.77. The Kier molecular flexibility index (Phi) is 3.80. The van der Waals surface area contributed by atoms with Crippen molar-refractivity contribution in [3.05, 3.63) is 10.1 Å². The number of alkyl halides is 7. The highest BCUT2D eigenvalue weighted by Crippen LogP contribution is 2.79. The molecule has 0 aromatic heterocycles. The summed E-state index contributed by atoms with van der Waals surface area (Å²) in [5, 5.41) is -1.38. The lowest BCUT2D eigenvalue weighted by Gasteiger charge is -2.35. The third kappa shape index (κ3) is 1.47. The summed E-state index contributed by atoms with van der Waals surface area (Å²) in [5.74, 6) is -0.910. The van der Waals surface area contributed by atoms with Crippen LogP contribution in [0.1, 0.15) is 0 Å². The van der Waals surface area contributed by atoms with Crippen LogP contribution in [0.25, 0.3) is 0 Å². The SMILES string of the molecule is ClC1=C(Cl)[C@]2(Cl)[C@@H]3[C@@H]([C@@H](Cl)C(Cl)[C@H]3Cl)[C@@]1(Cl)C2(Cl)Cl. The van der Waals surface area contributed by atoms with Crippen LogP contribution in [-0.2, 0) is 0 Å². The molecule has 9 heteroatoms. The Balaban J connectivity index is 2.29. The number of fused-ring (bicyclic) bond motifs is 5. The lowest BCUT2D eigenvalue weighted by molar-refractivity contribution is 0.388. The number of hydrogen-bond donors (Lipinski definition) is 0. The Morgan fingerprint density at radius 3 is 1.26 bits per heavy atom. The zero-order valence-corrected chi connectivity index (χ0v) is 15.6. The van der Waals surface area contributed by atoms with Crippen LogP contribution in [0.3, 0.4) is 0 Å². The minimum absolute atomic E-state index is 0.123. The van der Waals surface area contributed by atoms with Crippen molar-refractivity contribution >= 4 is 104 Å². The van der Waals surface area contributed by atoms with Gasteiger partial charge in [-0.1, -0.05) is 46.4 Å². The molecular weight excluding hydrogens is 439 g/mol. The summed E-state index contributed by atoms with van der Waals surface area (Å²) in [7, 11) is 0. The van der Waals surface area contributed by atoms with Crippen LogP contribution in [0.5, 0.6) is 0 Å². The van der Waals surface area contributed by atoms with Crippen molar-refractivity contribution in [2.24, 2.45) is 11.8 Å². The molecule has 0 amide bonds. The topological polar surface area (TPSA) is 0 Å². The van der Waals surface area contributed by atoms with E-state index in [1.807, 2.05) is 0 Å². The highest BCUT2D eigenvalue weighted by Gasteiger charge is 2.86. The molecule has 0 aliphatic heterocycles. The van der Waals surface area contributed by atoms with Crippen LogP contribution in [-0.4, -0.2) is 30.2 Å². The van der Waals surface area contributed by atoms with Gasteiger partial charge in [0, 0.05) is 11.8 Å². The largest absolute Gasteiger partial charge is 0.166 e. The predicted octanol–water partition coefficient (Wildman–Crippen LogP) is 5.90. The van der Waals surface area contributed by atoms with Crippen molar-refractivity contribution in [3.63, 3.8) is 0 Å². The van der Waals surface area contributed by atoms with Gasteiger partial charge < -0.3 is 0 Å². The van der Waals surface area contributed by atoms with Gasteiger partial charge in [-0.2, -0.15) is 0 Å². The van der Waals surface area contributed by atoms with Crippen LogP contribution in [0, 0.1) is 11.8 Å². The summed E-state index contributed by atoms with van der Waals surface area (Å²) in [5.41, 5.74) is 0. The van der Waals surface area contributed by atoms with E-state index in [0.717, 1.165) is 0 Å². The Hall–Kier alpha value is 2.35. The molecule has 0 aromatic carbocycles. The van der Waals surface area contributed by atoms with Crippen molar-refractivity contribution in [1.82, 2.24) is 0 Å². The molecule has 7 atom stereocenters. The average molecular weight is 444 g/mol. The molecule has 2 fully saturated rings. The number of allylic oxidation sites excluding steroid dienone is 2. The number of hydrogen-bond acceptors (Lipinski definition) is 0. The number of rotatable bonds is 0. The first-order valence-corrected chi connectivity index (χ1v) is 8.86. The second kappa shape index (κ2) is 4.46. The second-order valence-electron chi connectivity index (χ2n) is 5.01. The molecule has 0 nitrogen and oxygen atoms in total. The third-order valence-corrected chi connectivity index (χ3v) is 10.5. The van der Waals surface area contributed by atoms with Gasteiger partial charge in [0.25, 0.3) is 0 Å². The monoisotopic (exact) mass is 440 g/mol. The zero-order chi connectivity index (χ0) is 14.5. The van der Waals surface area contributed by atoms with E-state index < -0.39 is 42.0 Å². The van der Waals surface area contributed by atoms with Gasteiger partial charge in [0.15, 0.2) is 4.33 Å². The molecule has 2 bridgehead atoms. The van der Waals surface area contributed by atoms with Gasteiger partial charge in [-0.05, 0) is 0 Å². The van der Waals surface area contributed by atoms with E-state index in [1.165, 1.54) is 0 Å². The van der Waals surface area contributed by atoms with E-state index >= 15 is 0 Å². The molecule has 0 spiro atoms. The molecule has 1 unspecified atom stereocenters. The van der Waals surface area contributed by atoms with Crippen LogP contribution < -0.4 is 0 Å². The minimum Gasteiger partial charge on any atom is -0.121 e. The maximum atomic E-state index is 6.63. The van der Waals surface area contributed by atoms with E-state index in [0.29, 0.717) is 0 Å². The molecule has 0 N–H and O–H groups in total. The fraction of sp³-hybridized carbons (Fsp3) is 0.800. The maximum absolute atomic E-state index is 6.63. The first-order chi connectivity index (χ1) is 8.54. The van der Waals surface area contributed by atoms with Crippen LogP contribution in [0.15, 0.2) is 10.1 Å². The first-order valence-electron chi connectivity index (χ1n) is 5.28. The molecule has 19 heavy (non-hydrogen) atoms. The van der Waals surface area contributed by atoms with Crippen molar-refractivity contribution in [1.29, 1.82) is 0 Å². The average Bonchev–Trinajstić information content (AvgIpc) is 2.69. The van der Waals surface area contributed by atoms with Crippen molar-refractivity contribution < 1.29 is 0 Å². The first kappa shape index (κ1) is 16.2. The van der Waals surface area contributed by atoms with Crippen LogP contribution >= 0.6 is 104 Å². The van der Waals surface area contributed by atoms with Crippen LogP contribution in [0.2, 0.25) is 0 Å². The lowest BCUT2D eigenvalue weighted by Crippen LogP contribution is -2.48. The van der Waals surface area contributed by atoms with Crippen molar-refractivity contribution in [2.75, 3.05) is 0 Å². The molecule has 3 aliphatic rings. The predicted molar refractivity (Wildman–Crippen MR) is 86.2 cm³/mol. The lowest BCUT2D eigenvalue weighted by atomic mass is 9.84. The van der Waals surface area contributed by atoms with Gasteiger partial charge >= 0.3 is 0 Å². The Bertz CT molecular complexity index is 447. The third-order valence-electron chi connectivity index (χ3n) is 4.35. The Morgan fingerprint density at radius 1 is 0.632 bits per heavy atom. The van der Waals surface area contributed by atoms with Gasteiger partial charge in [0.05, 0.1) is 26.2 Å². The summed E-state index contributed by atoms with van der Waals surface area (Å²) >= 11 is 57.4. The molecule has 0 aromatic rings. The van der Waals surface area contributed by atoms with E-state index in [1.54, 1.807) is 0 Å². The molecule has 108 valence electrons. The van der Waals surface area contributed by atoms with E-state index in [4.69, 9.17) is 104 Å². The standard InChI is InChI=1S/C10H5Cl9/c11-3-1-2(4(12)5(3)13)9(17)7(15)6(14)8(1,16)10(9,18)19/h1-5H/t1-,2+,3+,4-,5?,8-,9+. The molecule has 2 saturated carbocycles. The van der Waals surface area contributed by atoms with Gasteiger partial charge in [0.1, 0.15) is 9.75 Å². The van der Waals surface area contributed by atoms with Crippen molar-refractivity contribution in [3.8, 4) is 0 Å². The summed E-state index contributed by atoms with van der Waals surface area (Å²) < 4.78 is -1.61. The molecule has 0 saturated heterocycles. The molecular formula is C10H5Cl9. The maximum Gasteiger partial charge on any atom is 0.166 e. The highest BCUT2D eigenvalue weighted by atomic mass is 35.5. The number of halogens is 9. The van der Waals surface area contributed by atoms with Gasteiger partial charge in [-0.15, -0.1) is 58.0 Å². The summed E-state index contributed by atoms with van der Waals surface area (Å²) in [6.07, 6.45) is 0. The minimum atomic E-state index is -1.61. The quantitative estimate of drug-likeness (QED) is 0.409. The highest BCUT2D eigenvalue weighted by molar-refractivity contribution is 6.66.